The van der Waals surface area contributed by atoms with Crippen molar-refractivity contribution in [2.24, 2.45) is 5.92 Å². The Kier molecular flexibility index (Phi) is 9.13. The van der Waals surface area contributed by atoms with Crippen LogP contribution in [0.25, 0.3) is 0 Å². The summed E-state index contributed by atoms with van der Waals surface area (Å²) in [6.07, 6.45) is 3.92. The summed E-state index contributed by atoms with van der Waals surface area (Å²) >= 11 is 0. The molecule has 0 spiro atoms. The zero-order chi connectivity index (χ0) is 17.9. The first-order valence-corrected chi connectivity index (χ1v) is 8.82. The Morgan fingerprint density at radius 2 is 1.67 bits per heavy atom. The lowest BCUT2D eigenvalue weighted by molar-refractivity contribution is -0.144. The van der Waals surface area contributed by atoms with Crippen molar-refractivity contribution < 1.29 is 19.1 Å². The van der Waals surface area contributed by atoms with Crippen molar-refractivity contribution in [3.63, 3.8) is 0 Å². The predicted octanol–water partition coefficient (Wildman–Crippen LogP) is 4.75. The maximum Gasteiger partial charge on any atom is 0.311 e. The van der Waals surface area contributed by atoms with Crippen LogP contribution in [0.3, 0.4) is 0 Å². The molecule has 0 N–H and O–H groups in total. The average molecular weight is 334 g/mol. The van der Waals surface area contributed by atoms with Crippen LogP contribution in [0.5, 0.6) is 5.75 Å². The summed E-state index contributed by atoms with van der Waals surface area (Å²) in [5.41, 5.74) is 2.08. The van der Waals surface area contributed by atoms with E-state index < -0.39 is 0 Å². The number of unbranched alkanes of at least 4 members (excludes halogenated alkanes) is 1. The van der Waals surface area contributed by atoms with Gasteiger partial charge in [-0.2, -0.15) is 0 Å². The Hall–Kier alpha value is -1.84. The molecule has 0 atom stereocenters. The largest absolute Gasteiger partial charge is 0.466 e. The maximum atomic E-state index is 11.9. The topological polar surface area (TPSA) is 52.6 Å². The number of hydrogen-bond acceptors (Lipinski definition) is 4. The summed E-state index contributed by atoms with van der Waals surface area (Å²) in [7, 11) is 0. The van der Waals surface area contributed by atoms with Gasteiger partial charge in [0.25, 0.3) is 0 Å². The highest BCUT2D eigenvalue weighted by molar-refractivity contribution is 5.73. The first kappa shape index (κ1) is 20.2. The molecule has 0 aliphatic carbocycles. The summed E-state index contributed by atoms with van der Waals surface area (Å²) in [5.74, 6) is 0.812. The summed E-state index contributed by atoms with van der Waals surface area (Å²) in [6, 6.07) is 5.66. The fourth-order valence-corrected chi connectivity index (χ4v) is 2.30. The molecule has 0 heterocycles. The molecule has 1 rings (SSSR count). The highest BCUT2D eigenvalue weighted by Crippen LogP contribution is 2.21. The fourth-order valence-electron chi connectivity index (χ4n) is 2.30. The SMILES string of the molecule is Cc1cccc(OC(=O)CCCCC(=O)OCCCC(C)C)c1C. The molecule has 4 nitrogen and oxygen atoms in total. The van der Waals surface area contributed by atoms with Gasteiger partial charge in [-0.1, -0.05) is 26.0 Å². The normalized spacial score (nSPS) is 10.7. The molecule has 0 radical (unpaired) electrons. The zero-order valence-corrected chi connectivity index (χ0v) is 15.4. The Balaban J connectivity index is 2.15. The Bertz CT molecular complexity index is 534. The molecule has 0 unspecified atom stereocenters. The summed E-state index contributed by atoms with van der Waals surface area (Å²) < 4.78 is 10.5. The minimum atomic E-state index is -0.256. The van der Waals surface area contributed by atoms with Crippen LogP contribution in [0.15, 0.2) is 18.2 Å². The molecule has 1 aromatic rings. The van der Waals surface area contributed by atoms with E-state index in [-0.39, 0.29) is 11.9 Å². The summed E-state index contributed by atoms with van der Waals surface area (Å²) in [6.45, 7) is 8.72. The van der Waals surface area contributed by atoms with E-state index in [0.717, 1.165) is 24.0 Å². The van der Waals surface area contributed by atoms with Crippen LogP contribution in [-0.2, 0) is 14.3 Å². The van der Waals surface area contributed by atoms with Crippen molar-refractivity contribution >= 4 is 11.9 Å². The number of esters is 2. The van der Waals surface area contributed by atoms with Gasteiger partial charge in [-0.3, -0.25) is 9.59 Å². The van der Waals surface area contributed by atoms with Gasteiger partial charge < -0.3 is 9.47 Å². The fraction of sp³-hybridized carbons (Fsp3) is 0.600. The highest BCUT2D eigenvalue weighted by atomic mass is 16.5. The molecule has 24 heavy (non-hydrogen) atoms. The highest BCUT2D eigenvalue weighted by Gasteiger charge is 2.09. The first-order valence-electron chi connectivity index (χ1n) is 8.82. The van der Waals surface area contributed by atoms with E-state index >= 15 is 0 Å². The van der Waals surface area contributed by atoms with Gasteiger partial charge in [-0.15, -0.1) is 0 Å². The van der Waals surface area contributed by atoms with Gasteiger partial charge in [-0.25, -0.2) is 0 Å². The van der Waals surface area contributed by atoms with Crippen LogP contribution in [-0.4, -0.2) is 18.5 Å². The second-order valence-corrected chi connectivity index (χ2v) is 6.64. The van der Waals surface area contributed by atoms with Crippen molar-refractivity contribution in [3.8, 4) is 5.75 Å². The molecule has 0 fully saturated rings. The standard InChI is InChI=1S/C20H30O4/c1-15(2)9-8-14-23-19(21)12-5-6-13-20(22)24-18-11-7-10-16(3)17(18)4/h7,10-11,15H,5-6,8-9,12-14H2,1-4H3. The van der Waals surface area contributed by atoms with Crippen molar-refractivity contribution in [2.75, 3.05) is 6.61 Å². The first-order chi connectivity index (χ1) is 11.4. The molecule has 4 heteroatoms. The van der Waals surface area contributed by atoms with E-state index in [4.69, 9.17) is 9.47 Å². The minimum Gasteiger partial charge on any atom is -0.466 e. The molecule has 0 saturated heterocycles. The van der Waals surface area contributed by atoms with Gasteiger partial charge in [0.1, 0.15) is 5.75 Å². The second kappa shape index (κ2) is 10.8. The molecule has 0 aliphatic rings. The monoisotopic (exact) mass is 334 g/mol. The predicted molar refractivity (Wildman–Crippen MR) is 95.1 cm³/mol. The lowest BCUT2D eigenvalue weighted by Crippen LogP contribution is -2.10. The molecule has 0 bridgehead atoms. The third-order valence-corrected chi connectivity index (χ3v) is 3.98. The van der Waals surface area contributed by atoms with Crippen molar-refractivity contribution in [3.05, 3.63) is 29.3 Å². The number of benzene rings is 1. The van der Waals surface area contributed by atoms with E-state index in [0.29, 0.717) is 44.0 Å². The maximum absolute atomic E-state index is 11.9. The molecular weight excluding hydrogens is 304 g/mol. The molecule has 0 aromatic heterocycles. The van der Waals surface area contributed by atoms with Gasteiger partial charge in [0, 0.05) is 12.8 Å². The van der Waals surface area contributed by atoms with Crippen LogP contribution < -0.4 is 4.74 Å². The summed E-state index contributed by atoms with van der Waals surface area (Å²) in [5, 5.41) is 0. The van der Waals surface area contributed by atoms with E-state index in [1.165, 1.54) is 0 Å². The third-order valence-electron chi connectivity index (χ3n) is 3.98. The van der Waals surface area contributed by atoms with Crippen LogP contribution >= 0.6 is 0 Å². The van der Waals surface area contributed by atoms with E-state index in [1.54, 1.807) is 6.07 Å². The molecule has 134 valence electrons. The van der Waals surface area contributed by atoms with Gasteiger partial charge in [0.2, 0.25) is 0 Å². The lowest BCUT2D eigenvalue weighted by Gasteiger charge is -2.09. The molecule has 0 amide bonds. The third kappa shape index (κ3) is 8.14. The van der Waals surface area contributed by atoms with Crippen molar-refractivity contribution in [1.29, 1.82) is 0 Å². The molecule has 0 aliphatic heterocycles. The van der Waals surface area contributed by atoms with E-state index in [9.17, 15) is 9.59 Å². The van der Waals surface area contributed by atoms with Crippen molar-refractivity contribution in [2.45, 2.75) is 66.2 Å². The van der Waals surface area contributed by atoms with Gasteiger partial charge >= 0.3 is 11.9 Å². The number of rotatable bonds is 10. The number of carbonyl (C=O) groups excluding carboxylic acids is 2. The Morgan fingerprint density at radius 3 is 2.33 bits per heavy atom. The quantitative estimate of drug-likeness (QED) is 0.352. The Labute approximate surface area is 145 Å². The van der Waals surface area contributed by atoms with E-state index in [1.807, 2.05) is 26.0 Å². The molecule has 1 aromatic carbocycles. The summed E-state index contributed by atoms with van der Waals surface area (Å²) in [4.78, 5) is 23.4. The minimum absolute atomic E-state index is 0.179. The Morgan fingerprint density at radius 1 is 1.00 bits per heavy atom. The van der Waals surface area contributed by atoms with Crippen molar-refractivity contribution in [1.82, 2.24) is 0 Å². The number of ether oxygens (including phenoxy) is 2. The van der Waals surface area contributed by atoms with Crippen LogP contribution in [0.2, 0.25) is 0 Å². The number of carbonyl (C=O) groups is 2. The van der Waals surface area contributed by atoms with Crippen LogP contribution in [0.4, 0.5) is 0 Å². The van der Waals surface area contributed by atoms with E-state index in [2.05, 4.69) is 13.8 Å². The van der Waals surface area contributed by atoms with Gasteiger partial charge in [0.15, 0.2) is 0 Å². The average Bonchev–Trinajstić information content (AvgIpc) is 2.52. The zero-order valence-electron chi connectivity index (χ0n) is 15.4. The smallest absolute Gasteiger partial charge is 0.311 e. The van der Waals surface area contributed by atoms with Crippen LogP contribution in [0, 0.1) is 19.8 Å². The van der Waals surface area contributed by atoms with Gasteiger partial charge in [-0.05, 0) is 62.6 Å². The molecular formula is C20H30O4. The number of hydrogen-bond donors (Lipinski definition) is 0. The van der Waals surface area contributed by atoms with Gasteiger partial charge in [0.05, 0.1) is 6.61 Å². The van der Waals surface area contributed by atoms with Crippen LogP contribution in [0.1, 0.15) is 63.5 Å². The number of aryl methyl sites for hydroxylation is 1. The second-order valence-electron chi connectivity index (χ2n) is 6.64. The lowest BCUT2D eigenvalue weighted by atomic mass is 10.1. The molecule has 0 saturated carbocycles.